The number of benzene rings is 1. The van der Waals surface area contributed by atoms with Gasteiger partial charge in [-0.1, -0.05) is 11.2 Å². The van der Waals surface area contributed by atoms with Gasteiger partial charge in [0.1, 0.15) is 12.4 Å². The Kier molecular flexibility index (Phi) is 7.12. The van der Waals surface area contributed by atoms with Gasteiger partial charge in [0.2, 0.25) is 5.91 Å². The predicted octanol–water partition coefficient (Wildman–Crippen LogP) is 3.65. The lowest BCUT2D eigenvalue weighted by molar-refractivity contribution is -0.145. The number of likely N-dealkylation sites (tertiary alicyclic amines) is 1. The highest BCUT2D eigenvalue weighted by Crippen LogP contribution is 2.30. The van der Waals surface area contributed by atoms with E-state index in [1.165, 1.54) is 0 Å². The van der Waals surface area contributed by atoms with Gasteiger partial charge >= 0.3 is 0 Å². The molecule has 2 aliphatic heterocycles. The molecule has 2 saturated heterocycles. The third kappa shape index (κ3) is 4.97. The monoisotopic (exact) mass is 442 g/mol. The zero-order chi connectivity index (χ0) is 22.5. The molecule has 2 fully saturated rings. The highest BCUT2D eigenvalue weighted by Gasteiger charge is 2.35. The Bertz CT molecular complexity index is 944. The number of ether oxygens (including phenoxy) is 4. The fraction of sp³-hybridized carbons (Fsp3) is 0.500. The van der Waals surface area contributed by atoms with Gasteiger partial charge in [-0.05, 0) is 56.9 Å². The summed E-state index contributed by atoms with van der Waals surface area (Å²) in [6, 6.07) is 5.55. The van der Waals surface area contributed by atoms with Crippen LogP contribution in [0.25, 0.3) is 6.08 Å². The first kappa shape index (κ1) is 22.4. The van der Waals surface area contributed by atoms with Gasteiger partial charge in [0.25, 0.3) is 0 Å². The second-order valence-corrected chi connectivity index (χ2v) is 8.04. The van der Waals surface area contributed by atoms with Crippen molar-refractivity contribution in [2.75, 3.05) is 26.9 Å². The van der Waals surface area contributed by atoms with Gasteiger partial charge in [-0.25, -0.2) is 0 Å². The van der Waals surface area contributed by atoms with Crippen molar-refractivity contribution in [3.63, 3.8) is 0 Å². The van der Waals surface area contributed by atoms with E-state index in [4.69, 9.17) is 23.5 Å². The molecular weight excluding hydrogens is 412 g/mol. The quantitative estimate of drug-likeness (QED) is 0.605. The van der Waals surface area contributed by atoms with Gasteiger partial charge in [0, 0.05) is 12.6 Å². The van der Waals surface area contributed by atoms with Gasteiger partial charge < -0.3 is 28.4 Å². The van der Waals surface area contributed by atoms with Gasteiger partial charge in [0.15, 0.2) is 17.8 Å². The molecule has 4 rings (SSSR count). The van der Waals surface area contributed by atoms with Crippen LogP contribution in [-0.4, -0.2) is 55.2 Å². The lowest BCUT2D eigenvalue weighted by Gasteiger charge is -2.37. The van der Waals surface area contributed by atoms with Crippen LogP contribution < -0.4 is 9.47 Å². The molecule has 0 radical (unpaired) electrons. The summed E-state index contributed by atoms with van der Waals surface area (Å²) in [6.45, 7) is 5.97. The summed E-state index contributed by atoms with van der Waals surface area (Å²) in [7, 11) is 1.59. The van der Waals surface area contributed by atoms with E-state index in [-0.39, 0.29) is 18.2 Å². The molecule has 1 aromatic carbocycles. The molecule has 0 bridgehead atoms. The minimum absolute atomic E-state index is 0.0296. The molecule has 1 amide bonds. The predicted molar refractivity (Wildman–Crippen MR) is 117 cm³/mol. The Hall–Kier alpha value is -2.84. The van der Waals surface area contributed by atoms with E-state index >= 15 is 0 Å². The number of hydrogen-bond donors (Lipinski definition) is 0. The van der Waals surface area contributed by atoms with E-state index in [1.807, 2.05) is 36.9 Å². The maximum Gasteiger partial charge on any atom is 0.246 e. The molecule has 2 aromatic rings. The van der Waals surface area contributed by atoms with Crippen LogP contribution >= 0.6 is 0 Å². The number of methoxy groups -OCH3 is 1. The van der Waals surface area contributed by atoms with E-state index in [0.29, 0.717) is 31.3 Å². The Morgan fingerprint density at radius 1 is 1.22 bits per heavy atom. The third-order valence-electron chi connectivity index (χ3n) is 5.95. The van der Waals surface area contributed by atoms with Crippen molar-refractivity contribution >= 4 is 12.0 Å². The van der Waals surface area contributed by atoms with E-state index in [1.54, 1.807) is 19.3 Å². The summed E-state index contributed by atoms with van der Waals surface area (Å²) in [5, 5.41) is 3.95. The minimum atomic E-state index is -0.318. The van der Waals surface area contributed by atoms with Crippen LogP contribution in [0.3, 0.4) is 0 Å². The summed E-state index contributed by atoms with van der Waals surface area (Å²) >= 11 is 0. The summed E-state index contributed by atoms with van der Waals surface area (Å²) in [4.78, 5) is 14.8. The first-order chi connectivity index (χ1) is 15.6. The molecule has 0 N–H and O–H groups in total. The van der Waals surface area contributed by atoms with Crippen molar-refractivity contribution in [1.29, 1.82) is 0 Å². The van der Waals surface area contributed by atoms with Crippen molar-refractivity contribution in [1.82, 2.24) is 10.1 Å². The van der Waals surface area contributed by atoms with Crippen molar-refractivity contribution in [2.24, 2.45) is 0 Å². The third-order valence-corrected chi connectivity index (χ3v) is 5.95. The number of aryl methyl sites for hydroxylation is 2. The molecule has 0 spiro atoms. The maximum atomic E-state index is 12.9. The van der Waals surface area contributed by atoms with E-state index in [0.717, 1.165) is 48.4 Å². The lowest BCUT2D eigenvalue weighted by Crippen LogP contribution is -2.49. The van der Waals surface area contributed by atoms with Crippen LogP contribution in [0.5, 0.6) is 11.5 Å². The number of carbonyl (C=O) groups is 1. The first-order valence-corrected chi connectivity index (χ1v) is 11.0. The fourth-order valence-electron chi connectivity index (χ4n) is 4.14. The van der Waals surface area contributed by atoms with Gasteiger partial charge in [-0.2, -0.15) is 0 Å². The highest BCUT2D eigenvalue weighted by molar-refractivity contribution is 5.92. The molecule has 1 atom stereocenters. The van der Waals surface area contributed by atoms with Gasteiger partial charge in [-0.3, -0.25) is 4.79 Å². The second-order valence-electron chi connectivity index (χ2n) is 8.04. The Labute approximate surface area is 188 Å². The summed E-state index contributed by atoms with van der Waals surface area (Å²) in [6.07, 6.45) is 6.05. The van der Waals surface area contributed by atoms with Gasteiger partial charge in [-0.15, -0.1) is 0 Å². The summed E-state index contributed by atoms with van der Waals surface area (Å²) in [5.74, 6) is 1.91. The zero-order valence-electron chi connectivity index (χ0n) is 18.8. The van der Waals surface area contributed by atoms with Crippen molar-refractivity contribution < 1.29 is 28.3 Å². The van der Waals surface area contributed by atoms with E-state index < -0.39 is 0 Å². The molecule has 2 aliphatic rings. The largest absolute Gasteiger partial charge is 0.493 e. The lowest BCUT2D eigenvalue weighted by atomic mass is 10.0. The van der Waals surface area contributed by atoms with E-state index in [9.17, 15) is 4.79 Å². The first-order valence-electron chi connectivity index (χ1n) is 11.0. The van der Waals surface area contributed by atoms with E-state index in [2.05, 4.69) is 5.16 Å². The second kappa shape index (κ2) is 10.2. The summed E-state index contributed by atoms with van der Waals surface area (Å²) < 4.78 is 27.9. The SMILES string of the molecule is COc1cc(/C=C/C(=O)N2CCCCC2C2OCCO2)ccc1OCc1c(C)noc1C. The molecule has 172 valence electrons. The van der Waals surface area contributed by atoms with Crippen LogP contribution in [0.2, 0.25) is 0 Å². The Balaban J connectivity index is 1.42. The molecule has 0 aliphatic carbocycles. The Morgan fingerprint density at radius 3 is 2.75 bits per heavy atom. The number of amides is 1. The number of carbonyl (C=O) groups excluding carboxylic acids is 1. The van der Waals surface area contributed by atoms with Crippen LogP contribution in [0, 0.1) is 13.8 Å². The maximum absolute atomic E-state index is 12.9. The molecule has 32 heavy (non-hydrogen) atoms. The number of aromatic nitrogens is 1. The molecular formula is C24H30N2O6. The molecule has 0 saturated carbocycles. The topological polar surface area (TPSA) is 83.3 Å². The van der Waals surface area contributed by atoms with Crippen molar-refractivity contribution in [2.45, 2.75) is 52.0 Å². The normalized spacial score (nSPS) is 19.6. The highest BCUT2D eigenvalue weighted by atomic mass is 16.7. The van der Waals surface area contributed by atoms with Crippen LogP contribution in [0.1, 0.15) is 41.8 Å². The van der Waals surface area contributed by atoms with Crippen LogP contribution in [0.15, 0.2) is 28.8 Å². The van der Waals surface area contributed by atoms with Crippen LogP contribution in [-0.2, 0) is 20.9 Å². The van der Waals surface area contributed by atoms with Gasteiger partial charge in [0.05, 0.1) is 37.6 Å². The average Bonchev–Trinajstić information content (AvgIpc) is 3.46. The standard InChI is InChI=1S/C24H30N2O6/c1-16-19(17(2)32-25-16)15-31-21-9-7-18(14-22(21)28-3)8-10-23(27)26-11-5-4-6-20(26)24-29-12-13-30-24/h7-10,14,20,24H,4-6,11-13,15H2,1-3H3/b10-8+. The number of hydrogen-bond acceptors (Lipinski definition) is 7. The number of piperidine rings is 1. The summed E-state index contributed by atoms with van der Waals surface area (Å²) in [5.41, 5.74) is 2.58. The van der Waals surface area contributed by atoms with Crippen LogP contribution in [0.4, 0.5) is 0 Å². The smallest absolute Gasteiger partial charge is 0.246 e. The Morgan fingerprint density at radius 2 is 2.03 bits per heavy atom. The number of rotatable bonds is 7. The fourth-order valence-corrected chi connectivity index (χ4v) is 4.14. The molecule has 1 aromatic heterocycles. The molecule has 1 unspecified atom stereocenters. The minimum Gasteiger partial charge on any atom is -0.493 e. The number of nitrogens with zero attached hydrogens (tertiary/aromatic N) is 2. The molecule has 3 heterocycles. The van der Waals surface area contributed by atoms with Crippen molar-refractivity contribution in [3.8, 4) is 11.5 Å². The average molecular weight is 443 g/mol. The molecule has 8 heteroatoms. The molecule has 8 nitrogen and oxygen atoms in total. The van der Waals surface area contributed by atoms with Crippen molar-refractivity contribution in [3.05, 3.63) is 46.9 Å². The zero-order valence-corrected chi connectivity index (χ0v) is 18.8.